The standard InChI is InChI=1S/C24H23Cl2N7O3/c1-28-21-13-31-22(14-30-21)33-24(35)32-19-12-17(26)7-8-20(19)36-10-2-9-29-23(34)18(27)11-15-3-5-16(25)6-4-15/h3-8,12-14,18H,2,9-11,27H2,(H,29,34)(H2,31,32,33,35)/t18-/m0/s1. The Morgan fingerprint density at radius 2 is 1.81 bits per heavy atom. The maximum Gasteiger partial charge on any atom is 0.325 e. The Morgan fingerprint density at radius 1 is 1.06 bits per heavy atom. The van der Waals surface area contributed by atoms with Crippen molar-refractivity contribution in [2.75, 3.05) is 23.8 Å². The smallest absolute Gasteiger partial charge is 0.325 e. The highest BCUT2D eigenvalue weighted by molar-refractivity contribution is 6.31. The topological polar surface area (TPSA) is 136 Å². The summed E-state index contributed by atoms with van der Waals surface area (Å²) < 4.78 is 5.77. The lowest BCUT2D eigenvalue weighted by molar-refractivity contribution is -0.122. The summed E-state index contributed by atoms with van der Waals surface area (Å²) in [5.74, 6) is 0.429. The minimum Gasteiger partial charge on any atom is -0.491 e. The van der Waals surface area contributed by atoms with E-state index in [1.165, 1.54) is 12.4 Å². The number of nitrogens with two attached hydrogens (primary N) is 1. The van der Waals surface area contributed by atoms with Gasteiger partial charge in [0, 0.05) is 16.6 Å². The number of carbonyl (C=O) groups excluding carboxylic acids is 2. The van der Waals surface area contributed by atoms with E-state index in [0.29, 0.717) is 40.9 Å². The van der Waals surface area contributed by atoms with E-state index in [4.69, 9.17) is 40.2 Å². The van der Waals surface area contributed by atoms with E-state index in [1.54, 1.807) is 30.3 Å². The molecule has 1 heterocycles. The third-order valence-corrected chi connectivity index (χ3v) is 5.25. The van der Waals surface area contributed by atoms with Gasteiger partial charge in [0.25, 0.3) is 5.82 Å². The zero-order valence-corrected chi connectivity index (χ0v) is 20.5. The normalized spacial score (nSPS) is 11.2. The first kappa shape index (κ1) is 26.7. The van der Waals surface area contributed by atoms with Crippen molar-refractivity contribution in [3.05, 3.63) is 81.9 Å². The van der Waals surface area contributed by atoms with Crippen LogP contribution in [0.2, 0.25) is 10.0 Å². The first-order valence-corrected chi connectivity index (χ1v) is 11.6. The fourth-order valence-electron chi connectivity index (χ4n) is 3.00. The van der Waals surface area contributed by atoms with Gasteiger partial charge in [0.15, 0.2) is 12.0 Å². The van der Waals surface area contributed by atoms with Gasteiger partial charge in [-0.2, -0.15) is 0 Å². The van der Waals surface area contributed by atoms with Crippen LogP contribution in [-0.2, 0) is 11.2 Å². The number of benzene rings is 2. The van der Waals surface area contributed by atoms with Gasteiger partial charge in [0.2, 0.25) is 5.91 Å². The number of hydrogen-bond donors (Lipinski definition) is 4. The Bertz CT molecular complexity index is 1230. The highest BCUT2D eigenvalue weighted by Gasteiger charge is 2.14. The molecule has 0 aliphatic rings. The van der Waals surface area contributed by atoms with E-state index in [0.717, 1.165) is 5.56 Å². The number of rotatable bonds is 10. The highest BCUT2D eigenvalue weighted by atomic mass is 35.5. The van der Waals surface area contributed by atoms with Gasteiger partial charge in [0.05, 0.1) is 24.5 Å². The monoisotopic (exact) mass is 527 g/mol. The van der Waals surface area contributed by atoms with Gasteiger partial charge >= 0.3 is 6.03 Å². The van der Waals surface area contributed by atoms with Crippen molar-refractivity contribution in [2.45, 2.75) is 18.9 Å². The molecular weight excluding hydrogens is 505 g/mol. The number of ether oxygens (including phenoxy) is 1. The lowest BCUT2D eigenvalue weighted by Crippen LogP contribution is -2.42. The summed E-state index contributed by atoms with van der Waals surface area (Å²) in [6.45, 7) is 7.52. The molecule has 3 aromatic rings. The van der Waals surface area contributed by atoms with Gasteiger partial charge in [-0.3, -0.25) is 10.1 Å². The Labute approximate surface area is 218 Å². The lowest BCUT2D eigenvalue weighted by Gasteiger charge is -2.14. The average molecular weight is 528 g/mol. The third kappa shape index (κ3) is 8.39. The van der Waals surface area contributed by atoms with Crippen molar-refractivity contribution in [3.8, 4) is 5.75 Å². The van der Waals surface area contributed by atoms with E-state index in [1.807, 2.05) is 12.1 Å². The first-order valence-electron chi connectivity index (χ1n) is 10.8. The summed E-state index contributed by atoms with van der Waals surface area (Å²) in [5.41, 5.74) is 7.25. The molecule has 0 saturated carbocycles. The maximum atomic E-state index is 12.3. The van der Waals surface area contributed by atoms with E-state index in [-0.39, 0.29) is 24.1 Å². The number of nitrogens with one attached hydrogen (secondary N) is 3. The highest BCUT2D eigenvalue weighted by Crippen LogP contribution is 2.28. The summed E-state index contributed by atoms with van der Waals surface area (Å²) in [7, 11) is 0. The summed E-state index contributed by atoms with van der Waals surface area (Å²) in [6.07, 6.45) is 3.44. The number of nitrogens with zero attached hydrogens (tertiary/aromatic N) is 3. The Morgan fingerprint density at radius 3 is 2.50 bits per heavy atom. The van der Waals surface area contributed by atoms with Gasteiger partial charge < -0.3 is 25.9 Å². The molecule has 10 nitrogen and oxygen atoms in total. The molecule has 0 aliphatic heterocycles. The van der Waals surface area contributed by atoms with Crippen molar-refractivity contribution in [3.63, 3.8) is 0 Å². The molecule has 1 atom stereocenters. The second-order valence-corrected chi connectivity index (χ2v) is 8.39. The van der Waals surface area contributed by atoms with Crippen LogP contribution in [-0.4, -0.2) is 41.1 Å². The number of carbonyl (C=O) groups is 2. The molecule has 0 bridgehead atoms. The summed E-state index contributed by atoms with van der Waals surface area (Å²) in [5, 5.41) is 8.98. The molecule has 1 aromatic heterocycles. The van der Waals surface area contributed by atoms with Crippen molar-refractivity contribution in [1.82, 2.24) is 15.3 Å². The predicted molar refractivity (Wildman–Crippen MR) is 139 cm³/mol. The zero-order valence-electron chi connectivity index (χ0n) is 19.0. The molecule has 3 amide bonds. The number of hydrogen-bond acceptors (Lipinski definition) is 6. The molecule has 0 spiro atoms. The molecular formula is C24H23Cl2N7O3. The van der Waals surface area contributed by atoms with Crippen LogP contribution in [0.25, 0.3) is 4.85 Å². The maximum absolute atomic E-state index is 12.3. The Hall–Kier alpha value is -3.91. The number of amides is 3. The van der Waals surface area contributed by atoms with Crippen LogP contribution >= 0.6 is 23.2 Å². The molecule has 0 unspecified atom stereocenters. The van der Waals surface area contributed by atoms with Crippen LogP contribution in [0.4, 0.5) is 22.1 Å². The fraction of sp³-hybridized carbons (Fsp3) is 0.208. The molecule has 0 fully saturated rings. The predicted octanol–water partition coefficient (Wildman–Crippen LogP) is 4.43. The number of urea groups is 1. The van der Waals surface area contributed by atoms with Crippen LogP contribution in [0, 0.1) is 6.57 Å². The summed E-state index contributed by atoms with van der Waals surface area (Å²) in [4.78, 5) is 35.5. The van der Waals surface area contributed by atoms with Crippen molar-refractivity contribution in [1.29, 1.82) is 0 Å². The number of halogens is 2. The van der Waals surface area contributed by atoms with Crippen molar-refractivity contribution < 1.29 is 14.3 Å². The van der Waals surface area contributed by atoms with Crippen molar-refractivity contribution >= 4 is 52.5 Å². The molecule has 36 heavy (non-hydrogen) atoms. The molecule has 186 valence electrons. The minimum atomic E-state index is -0.681. The second kappa shape index (κ2) is 13.3. The van der Waals surface area contributed by atoms with E-state index < -0.39 is 12.1 Å². The molecule has 5 N–H and O–H groups in total. The molecule has 3 rings (SSSR count). The van der Waals surface area contributed by atoms with Crippen LogP contribution < -0.4 is 26.4 Å². The van der Waals surface area contributed by atoms with Crippen LogP contribution in [0.5, 0.6) is 5.75 Å². The largest absolute Gasteiger partial charge is 0.491 e. The first-order chi connectivity index (χ1) is 17.3. The Kier molecular flexibility index (Phi) is 9.82. The minimum absolute atomic E-state index is 0.117. The van der Waals surface area contributed by atoms with Crippen LogP contribution in [0.15, 0.2) is 54.9 Å². The number of anilines is 2. The third-order valence-electron chi connectivity index (χ3n) is 4.77. The zero-order chi connectivity index (χ0) is 25.9. The van der Waals surface area contributed by atoms with E-state index in [9.17, 15) is 9.59 Å². The molecule has 2 aromatic carbocycles. The second-order valence-electron chi connectivity index (χ2n) is 7.52. The molecule has 0 aliphatic carbocycles. The van der Waals surface area contributed by atoms with Crippen molar-refractivity contribution in [2.24, 2.45) is 5.73 Å². The molecule has 0 saturated heterocycles. The fourth-order valence-corrected chi connectivity index (χ4v) is 3.30. The average Bonchev–Trinajstić information content (AvgIpc) is 2.86. The van der Waals surface area contributed by atoms with Gasteiger partial charge in [-0.05, 0) is 48.7 Å². The molecule has 12 heteroatoms. The lowest BCUT2D eigenvalue weighted by atomic mass is 10.1. The summed E-state index contributed by atoms with van der Waals surface area (Å²) in [6, 6.07) is 10.7. The summed E-state index contributed by atoms with van der Waals surface area (Å²) >= 11 is 11.9. The Balaban J connectivity index is 1.44. The van der Waals surface area contributed by atoms with Crippen LogP contribution in [0.1, 0.15) is 12.0 Å². The quantitative estimate of drug-likeness (QED) is 0.227. The van der Waals surface area contributed by atoms with Gasteiger partial charge in [-0.1, -0.05) is 41.9 Å². The van der Waals surface area contributed by atoms with Gasteiger partial charge in [-0.15, -0.1) is 4.98 Å². The van der Waals surface area contributed by atoms with Gasteiger partial charge in [-0.25, -0.2) is 9.78 Å². The van der Waals surface area contributed by atoms with Gasteiger partial charge in [0.1, 0.15) is 5.75 Å². The number of aromatic nitrogens is 2. The van der Waals surface area contributed by atoms with Crippen LogP contribution in [0.3, 0.4) is 0 Å². The SMILES string of the molecule is [C-]#[N+]c1cnc(NC(=O)Nc2cc(Cl)ccc2OCCCNC(=O)[C@@H](N)Cc2ccc(Cl)cc2)cn1. The van der Waals surface area contributed by atoms with E-state index in [2.05, 4.69) is 30.8 Å². The molecule has 0 radical (unpaired) electrons. The van der Waals surface area contributed by atoms with E-state index >= 15 is 0 Å².